The predicted octanol–water partition coefficient (Wildman–Crippen LogP) is 21.0. The van der Waals surface area contributed by atoms with E-state index in [1.165, 1.54) is 34.9 Å². The van der Waals surface area contributed by atoms with Gasteiger partial charge in [0.2, 0.25) is 5.91 Å². The number of nitriles is 4. The number of allylic oxidation sites excluding steroid dienone is 1. The van der Waals surface area contributed by atoms with Crippen LogP contribution >= 0.6 is 0 Å². The number of aliphatic carboxylic acids is 1. The zero-order valence-corrected chi connectivity index (χ0v) is 64.3. The van der Waals surface area contributed by atoms with Crippen LogP contribution in [0.5, 0.6) is 0 Å². The van der Waals surface area contributed by atoms with Crippen molar-refractivity contribution < 1.29 is 55.4 Å². The number of aryl methyl sites for hydroxylation is 8. The minimum Gasteiger partial charge on any atom is -0.477 e. The lowest BCUT2D eigenvalue weighted by molar-refractivity contribution is -0.138. The number of carbonyl (C=O) groups excluding carboxylic acids is 3. The van der Waals surface area contributed by atoms with Gasteiger partial charge in [0, 0.05) is 123 Å². The number of hydrogen-bond donors (Lipinski definition) is 1. The Morgan fingerprint density at radius 2 is 0.842 bits per heavy atom. The van der Waals surface area contributed by atoms with Crippen LogP contribution in [0.3, 0.4) is 0 Å². The summed E-state index contributed by atoms with van der Waals surface area (Å²) in [6.45, 7) is 17.8. The smallest absolute Gasteiger partial charge is 0.416 e. The number of para-hydroxylation sites is 4. The summed E-state index contributed by atoms with van der Waals surface area (Å²) in [5, 5.41) is 49.7. The molecule has 15 nitrogen and oxygen atoms in total. The number of carboxylic acids is 1. The summed E-state index contributed by atoms with van der Waals surface area (Å²) in [6.07, 6.45) is 8.87. The molecule has 578 valence electrons. The molecule has 1 aliphatic rings. The molecular formula is C93H83F6N9O6. The standard InChI is InChI=1S/C26H24F3N3O.C24H22N2O3.C22H20N2O2.C21H17F3N2/c1-18-11-19(13-22(12-18)26(27,28)29)16-32-17-21(23-7-3-4-8-24(23)32)14-20(15-30)25(33)31-9-5-2-6-10-31;1-4-29-24(28)19(14-25)13-20-15-26(22-8-6-5-7-21(20)22)23(27)12-18-10-16(2)9-17(3)11-18;1-15-9-16(2)11-17(10-15)7-8-24-14-19(12-18(13-23)22(25)26)20-5-3-4-6-21(20)24;1-14-7-16(10-18(9-14)21(22,23)24)12-26-13-17(8-15(2)11-25)19-5-3-4-6-20(19)26/h3-4,7-8,11-14,17H,2,5-6,9-10,16H2,1H3;5-11,13,15H,4,12H2,1-3H3;3-6,9-12,14H,7-8H2,1-2H3,(H,25,26);3-10,13H,12H2,1-2H3/b20-14+;19-13+;18-12+;15-8-. The highest BCUT2D eigenvalue weighted by atomic mass is 19.4. The van der Waals surface area contributed by atoms with Crippen molar-refractivity contribution in [2.75, 3.05) is 19.7 Å². The largest absolute Gasteiger partial charge is 0.477 e. The Morgan fingerprint density at radius 1 is 0.456 bits per heavy atom. The molecule has 12 aromatic rings. The van der Waals surface area contributed by atoms with E-state index in [0.717, 1.165) is 122 Å². The summed E-state index contributed by atoms with van der Waals surface area (Å²) < 4.78 is 91.5. The number of nitrogens with zero attached hydrogens (tertiary/aromatic N) is 9. The molecule has 0 saturated carbocycles. The van der Waals surface area contributed by atoms with Crippen LogP contribution in [-0.2, 0) is 63.9 Å². The van der Waals surface area contributed by atoms with Crippen molar-refractivity contribution in [1.29, 1.82) is 21.0 Å². The lowest BCUT2D eigenvalue weighted by atomic mass is 10.0. The monoisotopic (exact) mass is 1540 g/mol. The second kappa shape index (κ2) is 37.0. The molecule has 1 fully saturated rings. The van der Waals surface area contributed by atoms with Gasteiger partial charge in [-0.25, -0.2) is 9.59 Å². The highest BCUT2D eigenvalue weighted by molar-refractivity contribution is 6.05. The maximum atomic E-state index is 13.3. The van der Waals surface area contributed by atoms with E-state index in [9.17, 15) is 56.0 Å². The van der Waals surface area contributed by atoms with Gasteiger partial charge in [0.15, 0.2) is 0 Å². The van der Waals surface area contributed by atoms with E-state index < -0.39 is 35.4 Å². The van der Waals surface area contributed by atoms with Gasteiger partial charge in [0.05, 0.1) is 35.7 Å². The Balaban J connectivity index is 0.000000162. The molecule has 0 aliphatic carbocycles. The molecular weight excluding hydrogens is 1450 g/mol. The third kappa shape index (κ3) is 21.1. The minimum absolute atomic E-state index is 0.0646. The molecule has 1 N–H and O–H groups in total. The highest BCUT2D eigenvalue weighted by Gasteiger charge is 2.32. The zero-order chi connectivity index (χ0) is 82.1. The first-order valence-corrected chi connectivity index (χ1v) is 36.9. The van der Waals surface area contributed by atoms with Gasteiger partial charge < -0.3 is 28.4 Å². The third-order valence-electron chi connectivity index (χ3n) is 19.1. The van der Waals surface area contributed by atoms with Crippen LogP contribution < -0.4 is 0 Å². The summed E-state index contributed by atoms with van der Waals surface area (Å²) in [4.78, 5) is 50.7. The number of halogens is 6. The van der Waals surface area contributed by atoms with Gasteiger partial charge in [0.25, 0.3) is 5.91 Å². The number of esters is 1. The van der Waals surface area contributed by atoms with Gasteiger partial charge in [0.1, 0.15) is 34.9 Å². The maximum Gasteiger partial charge on any atom is 0.416 e. The van der Waals surface area contributed by atoms with E-state index in [2.05, 4.69) is 48.7 Å². The first kappa shape index (κ1) is 83.0. The quantitative estimate of drug-likeness (QED) is 0.0394. The molecule has 21 heteroatoms. The van der Waals surface area contributed by atoms with E-state index in [4.69, 9.17) is 20.4 Å². The van der Waals surface area contributed by atoms with Crippen LogP contribution in [0.15, 0.2) is 217 Å². The van der Waals surface area contributed by atoms with Crippen molar-refractivity contribution >= 4 is 91.7 Å². The Bertz CT molecular complexity index is 5920. The van der Waals surface area contributed by atoms with Crippen molar-refractivity contribution in [3.8, 4) is 24.3 Å². The van der Waals surface area contributed by atoms with Gasteiger partial charge in [-0.2, -0.15) is 47.4 Å². The summed E-state index contributed by atoms with van der Waals surface area (Å²) >= 11 is 0. The number of aromatic nitrogens is 4. The lowest BCUT2D eigenvalue weighted by Crippen LogP contribution is -2.36. The Labute approximate surface area is 657 Å². The fraction of sp³-hybridized carbons (Fsp3) is 0.226. The number of carbonyl (C=O) groups is 4. The summed E-state index contributed by atoms with van der Waals surface area (Å²) in [5.41, 5.74) is 14.6. The number of piperidine rings is 1. The van der Waals surface area contributed by atoms with Crippen LogP contribution in [0.25, 0.3) is 67.9 Å². The van der Waals surface area contributed by atoms with Crippen molar-refractivity contribution in [3.05, 3.63) is 306 Å². The molecule has 1 aliphatic heterocycles. The average Bonchev–Trinajstić information content (AvgIpc) is 1.64. The van der Waals surface area contributed by atoms with E-state index in [0.29, 0.717) is 58.6 Å². The van der Waals surface area contributed by atoms with E-state index in [-0.39, 0.29) is 48.1 Å². The molecule has 114 heavy (non-hydrogen) atoms. The highest BCUT2D eigenvalue weighted by Crippen LogP contribution is 2.35. The number of fused-ring (bicyclic) bond motifs is 4. The van der Waals surface area contributed by atoms with Crippen molar-refractivity contribution in [3.63, 3.8) is 0 Å². The number of ether oxygens (including phenoxy) is 1. The molecule has 5 heterocycles. The van der Waals surface area contributed by atoms with Gasteiger partial charge in [-0.3, -0.25) is 14.2 Å². The van der Waals surface area contributed by atoms with Crippen LogP contribution in [0.1, 0.15) is 127 Å². The number of carboxylic acid groups (broad SMARTS) is 1. The number of likely N-dealkylation sites (tertiary alicyclic amines) is 1. The van der Waals surface area contributed by atoms with E-state index in [1.807, 2.05) is 157 Å². The summed E-state index contributed by atoms with van der Waals surface area (Å²) in [5.74, 6) is -2.24. The number of hydrogen-bond acceptors (Lipinski definition) is 9. The predicted molar refractivity (Wildman–Crippen MR) is 433 cm³/mol. The topological polar surface area (TPSA) is 216 Å². The normalized spacial score (nSPS) is 12.7. The zero-order valence-electron chi connectivity index (χ0n) is 64.3. The third-order valence-corrected chi connectivity index (χ3v) is 19.1. The maximum absolute atomic E-state index is 13.3. The minimum atomic E-state index is -4.41. The van der Waals surface area contributed by atoms with Crippen molar-refractivity contribution in [2.45, 2.75) is 119 Å². The van der Waals surface area contributed by atoms with Crippen molar-refractivity contribution in [1.82, 2.24) is 23.2 Å². The molecule has 1 saturated heterocycles. The van der Waals surface area contributed by atoms with Crippen LogP contribution in [0.4, 0.5) is 26.3 Å². The summed E-state index contributed by atoms with van der Waals surface area (Å²) in [6, 6.07) is 58.9. The molecule has 0 atom stereocenters. The lowest BCUT2D eigenvalue weighted by Gasteiger charge is -2.26. The van der Waals surface area contributed by atoms with Gasteiger partial charge in [-0.15, -0.1) is 0 Å². The fourth-order valence-corrected chi connectivity index (χ4v) is 14.3. The average molecular weight is 1540 g/mol. The second-order valence-electron chi connectivity index (χ2n) is 28.3. The van der Waals surface area contributed by atoms with E-state index in [1.54, 1.807) is 79.9 Å². The van der Waals surface area contributed by atoms with Crippen molar-refractivity contribution in [2.24, 2.45) is 0 Å². The molecule has 13 rings (SSSR count). The molecule has 0 bridgehead atoms. The van der Waals surface area contributed by atoms with Crippen LogP contribution in [-0.4, -0.2) is 71.7 Å². The Hall–Kier alpha value is -13.5. The number of alkyl halides is 6. The van der Waals surface area contributed by atoms with Gasteiger partial charge >= 0.3 is 24.3 Å². The second-order valence-corrected chi connectivity index (χ2v) is 28.3. The molecule has 4 aromatic heterocycles. The molecule has 0 spiro atoms. The number of benzene rings is 8. The first-order chi connectivity index (χ1) is 54.4. The molecule has 0 radical (unpaired) electrons. The first-order valence-electron chi connectivity index (χ1n) is 36.9. The summed E-state index contributed by atoms with van der Waals surface area (Å²) in [7, 11) is 0. The Morgan fingerprint density at radius 3 is 1.29 bits per heavy atom. The number of amides is 1. The van der Waals surface area contributed by atoms with Gasteiger partial charge in [-0.05, 0) is 176 Å². The van der Waals surface area contributed by atoms with Gasteiger partial charge in [-0.1, -0.05) is 155 Å². The molecule has 8 aromatic carbocycles. The Kier molecular flexibility index (Phi) is 26.9. The van der Waals surface area contributed by atoms with E-state index >= 15 is 0 Å². The van der Waals surface area contributed by atoms with Crippen LogP contribution in [0.2, 0.25) is 0 Å². The molecule has 1 amide bonds. The van der Waals surface area contributed by atoms with Crippen LogP contribution in [0, 0.1) is 86.9 Å². The molecule has 0 unspecified atom stereocenters. The SMILES string of the molecule is C/C(C#N)=C/c1cn(Cc2cc(C)cc(C(F)(F)F)c2)c2ccccc12.CCOC(=O)/C(C#N)=C/c1cn(C(=O)Cc2cc(C)cc(C)c2)c2ccccc12.Cc1cc(C)cc(CCn2cc(/C=C(\C#N)C(=O)O)c3ccccc32)c1.Cc1cc(Cn2cc(/C=C(\C#N)C(=O)N3CCCCC3)c3ccccc32)cc(C(F)(F)F)c1. The fourth-order valence-electron chi connectivity index (χ4n) is 14.3. The number of rotatable bonds is 17.